The molecule has 1 N–H and O–H groups in total. The molecular weight excluding hydrogens is 283 g/mol. The number of carbonyl (C=O) groups is 2. The number of carbonyl (C=O) groups excluding carboxylic acids is 2. The van der Waals surface area contributed by atoms with Crippen LogP contribution in [0.3, 0.4) is 0 Å². The number of rotatable bonds is 2. The molecule has 2 amide bonds. The summed E-state index contributed by atoms with van der Waals surface area (Å²) in [6.07, 6.45) is 0.254. The largest absolute Gasteiger partial charge is 0.342 e. The minimum absolute atomic E-state index is 0.0261. The van der Waals surface area contributed by atoms with Crippen molar-refractivity contribution in [2.24, 2.45) is 0 Å². The van der Waals surface area contributed by atoms with Crippen molar-refractivity contribution < 1.29 is 14.0 Å². The second-order valence-corrected chi connectivity index (χ2v) is 5.81. The molecule has 0 atom stereocenters. The van der Waals surface area contributed by atoms with E-state index in [0.29, 0.717) is 13.1 Å². The van der Waals surface area contributed by atoms with Crippen molar-refractivity contribution in [3.63, 3.8) is 0 Å². The van der Waals surface area contributed by atoms with E-state index in [1.807, 2.05) is 0 Å². The summed E-state index contributed by atoms with van der Waals surface area (Å²) in [6, 6.07) is 4.35. The zero-order valence-electron chi connectivity index (χ0n) is 11.4. The Kier molecular flexibility index (Phi) is 3.99. The lowest BCUT2D eigenvalue weighted by Crippen LogP contribution is -2.52. The Hall–Kier alpha value is -1.62. The predicted octanol–water partition coefficient (Wildman–Crippen LogP) is 2.11. The Balaban J connectivity index is 2.20. The van der Waals surface area contributed by atoms with Gasteiger partial charge < -0.3 is 10.2 Å². The molecule has 108 valence electrons. The summed E-state index contributed by atoms with van der Waals surface area (Å²) in [5.74, 6) is -0.804. The fourth-order valence-electron chi connectivity index (χ4n) is 2.21. The van der Waals surface area contributed by atoms with Crippen molar-refractivity contribution in [2.45, 2.75) is 32.4 Å². The number of benzene rings is 1. The van der Waals surface area contributed by atoms with Crippen molar-refractivity contribution in [3.05, 3.63) is 34.6 Å². The number of nitrogens with zero attached hydrogens (tertiary/aromatic N) is 1. The van der Waals surface area contributed by atoms with Gasteiger partial charge in [-0.2, -0.15) is 0 Å². The van der Waals surface area contributed by atoms with Gasteiger partial charge in [-0.1, -0.05) is 17.7 Å². The third-order valence-electron chi connectivity index (χ3n) is 3.24. The monoisotopic (exact) mass is 298 g/mol. The second-order valence-electron chi connectivity index (χ2n) is 5.40. The highest BCUT2D eigenvalue weighted by Crippen LogP contribution is 2.20. The number of halogens is 2. The maximum absolute atomic E-state index is 13.1. The summed E-state index contributed by atoms with van der Waals surface area (Å²) in [5.41, 5.74) is -0.202. The van der Waals surface area contributed by atoms with Gasteiger partial charge in [-0.3, -0.25) is 9.59 Å². The lowest BCUT2D eigenvalue weighted by molar-refractivity contribution is -0.137. The molecule has 1 saturated heterocycles. The predicted molar refractivity (Wildman–Crippen MR) is 73.7 cm³/mol. The second kappa shape index (κ2) is 5.40. The summed E-state index contributed by atoms with van der Waals surface area (Å²) in [4.78, 5) is 25.5. The van der Waals surface area contributed by atoms with Gasteiger partial charge in [-0.25, -0.2) is 4.39 Å². The number of amides is 2. The molecule has 1 heterocycles. The van der Waals surface area contributed by atoms with E-state index in [-0.39, 0.29) is 23.3 Å². The molecule has 4 nitrogen and oxygen atoms in total. The van der Waals surface area contributed by atoms with Gasteiger partial charge >= 0.3 is 0 Å². The molecular formula is C14H16ClFN2O2. The van der Waals surface area contributed by atoms with Crippen molar-refractivity contribution in [1.82, 2.24) is 10.2 Å². The lowest BCUT2D eigenvalue weighted by atomic mass is 10.0. The molecule has 1 aliphatic heterocycles. The highest BCUT2D eigenvalue weighted by molar-refractivity contribution is 6.30. The number of hydrogen-bond donors (Lipinski definition) is 1. The quantitative estimate of drug-likeness (QED) is 0.909. The van der Waals surface area contributed by atoms with E-state index < -0.39 is 11.4 Å². The minimum Gasteiger partial charge on any atom is -0.342 e. The van der Waals surface area contributed by atoms with Crippen LogP contribution in [0.5, 0.6) is 0 Å². The molecule has 0 spiro atoms. The Morgan fingerprint density at radius 3 is 2.75 bits per heavy atom. The van der Waals surface area contributed by atoms with Crippen molar-refractivity contribution in [2.75, 3.05) is 6.54 Å². The normalized spacial score (nSPS) is 18.7. The van der Waals surface area contributed by atoms with E-state index in [0.717, 1.165) is 5.56 Å². The molecule has 1 fully saturated rings. The van der Waals surface area contributed by atoms with Gasteiger partial charge in [0.25, 0.3) is 0 Å². The van der Waals surface area contributed by atoms with Gasteiger partial charge in [0.05, 0.1) is 5.02 Å². The first-order chi connectivity index (χ1) is 9.29. The molecule has 2 rings (SSSR count). The topological polar surface area (TPSA) is 49.4 Å². The van der Waals surface area contributed by atoms with E-state index in [9.17, 15) is 14.0 Å². The SMILES string of the molecule is CC1(C)NC(=O)CCN(Cc2ccc(F)c(Cl)c2)C1=O. The summed E-state index contributed by atoms with van der Waals surface area (Å²) in [6.45, 7) is 3.98. The molecule has 0 bridgehead atoms. The first-order valence-electron chi connectivity index (χ1n) is 6.34. The van der Waals surface area contributed by atoms with E-state index in [1.54, 1.807) is 24.8 Å². The van der Waals surface area contributed by atoms with Gasteiger partial charge in [0.2, 0.25) is 11.8 Å². The summed E-state index contributed by atoms with van der Waals surface area (Å²) in [7, 11) is 0. The molecule has 1 aromatic carbocycles. The first-order valence-corrected chi connectivity index (χ1v) is 6.72. The Bertz CT molecular complexity index is 560. The van der Waals surface area contributed by atoms with Crippen LogP contribution in [0.4, 0.5) is 4.39 Å². The van der Waals surface area contributed by atoms with Crippen LogP contribution < -0.4 is 5.32 Å². The highest BCUT2D eigenvalue weighted by Gasteiger charge is 2.36. The van der Waals surface area contributed by atoms with Crippen LogP contribution in [0.25, 0.3) is 0 Å². The standard InChI is InChI=1S/C14H16ClFN2O2/c1-14(2)13(20)18(6-5-12(19)17-14)8-9-3-4-11(16)10(15)7-9/h3-4,7H,5-6,8H2,1-2H3,(H,17,19). The Labute approximate surface area is 121 Å². The molecule has 6 heteroatoms. The van der Waals surface area contributed by atoms with Crippen molar-refractivity contribution in [1.29, 1.82) is 0 Å². The molecule has 0 aliphatic carbocycles. The van der Waals surface area contributed by atoms with Crippen molar-refractivity contribution in [3.8, 4) is 0 Å². The number of nitrogens with one attached hydrogen (secondary N) is 1. The summed E-state index contributed by atoms with van der Waals surface area (Å²) < 4.78 is 13.1. The molecule has 1 aromatic rings. The van der Waals surface area contributed by atoms with Crippen LogP contribution in [0, 0.1) is 5.82 Å². The summed E-state index contributed by atoms with van der Waals surface area (Å²) in [5, 5.41) is 2.71. The van der Waals surface area contributed by atoms with E-state index in [4.69, 9.17) is 11.6 Å². The van der Waals surface area contributed by atoms with Crippen LogP contribution in [0.1, 0.15) is 25.8 Å². The lowest BCUT2D eigenvalue weighted by Gasteiger charge is -2.28. The van der Waals surface area contributed by atoms with Gasteiger partial charge in [-0.05, 0) is 31.5 Å². The van der Waals surface area contributed by atoms with E-state index >= 15 is 0 Å². The average Bonchev–Trinajstić information content (AvgIpc) is 2.45. The fraction of sp³-hybridized carbons (Fsp3) is 0.429. The average molecular weight is 299 g/mol. The van der Waals surface area contributed by atoms with Crippen LogP contribution >= 0.6 is 11.6 Å². The van der Waals surface area contributed by atoms with Gasteiger partial charge in [-0.15, -0.1) is 0 Å². The zero-order valence-corrected chi connectivity index (χ0v) is 12.1. The highest BCUT2D eigenvalue weighted by atomic mass is 35.5. The van der Waals surface area contributed by atoms with E-state index in [2.05, 4.69) is 5.32 Å². The molecule has 0 unspecified atom stereocenters. The van der Waals surface area contributed by atoms with Crippen LogP contribution in [-0.2, 0) is 16.1 Å². The van der Waals surface area contributed by atoms with Gasteiger partial charge in [0.1, 0.15) is 11.4 Å². The third kappa shape index (κ3) is 3.10. The van der Waals surface area contributed by atoms with Crippen LogP contribution in [0.2, 0.25) is 5.02 Å². The molecule has 20 heavy (non-hydrogen) atoms. The smallest absolute Gasteiger partial charge is 0.248 e. The Morgan fingerprint density at radius 2 is 2.10 bits per heavy atom. The number of hydrogen-bond acceptors (Lipinski definition) is 2. The van der Waals surface area contributed by atoms with E-state index in [1.165, 1.54) is 12.1 Å². The van der Waals surface area contributed by atoms with Crippen molar-refractivity contribution >= 4 is 23.4 Å². The minimum atomic E-state index is -0.933. The summed E-state index contributed by atoms with van der Waals surface area (Å²) >= 11 is 5.73. The Morgan fingerprint density at radius 1 is 1.40 bits per heavy atom. The molecule has 0 aromatic heterocycles. The molecule has 1 aliphatic rings. The van der Waals surface area contributed by atoms with Crippen LogP contribution in [-0.4, -0.2) is 28.8 Å². The fourth-order valence-corrected chi connectivity index (χ4v) is 2.41. The van der Waals surface area contributed by atoms with Gasteiger partial charge in [0, 0.05) is 19.5 Å². The zero-order chi connectivity index (χ0) is 14.9. The third-order valence-corrected chi connectivity index (χ3v) is 3.53. The first kappa shape index (κ1) is 14.8. The molecule has 0 saturated carbocycles. The maximum atomic E-state index is 13.1. The maximum Gasteiger partial charge on any atom is 0.248 e. The van der Waals surface area contributed by atoms with Crippen LogP contribution in [0.15, 0.2) is 18.2 Å². The molecule has 0 radical (unpaired) electrons. The van der Waals surface area contributed by atoms with Gasteiger partial charge in [0.15, 0.2) is 0 Å².